The SMILES string of the molecule is CNc1cc(C)nc([C@@H]2COCCN2Cc2cscn2)n1. The normalized spacial score (nSPS) is 19.6. The highest BCUT2D eigenvalue weighted by Crippen LogP contribution is 2.24. The number of morpholine rings is 1. The minimum Gasteiger partial charge on any atom is -0.378 e. The minimum atomic E-state index is 0.0763. The molecule has 0 bridgehead atoms. The summed E-state index contributed by atoms with van der Waals surface area (Å²) in [5.74, 6) is 1.66. The first-order valence-electron chi connectivity index (χ1n) is 6.98. The van der Waals surface area contributed by atoms with Crippen LogP contribution in [0, 0.1) is 6.92 Å². The molecule has 1 aliphatic heterocycles. The Morgan fingerprint density at radius 1 is 1.48 bits per heavy atom. The first kappa shape index (κ1) is 14.4. The van der Waals surface area contributed by atoms with Crippen LogP contribution in [0.15, 0.2) is 17.0 Å². The van der Waals surface area contributed by atoms with Gasteiger partial charge in [-0.1, -0.05) is 0 Å². The first-order chi connectivity index (χ1) is 10.3. The third kappa shape index (κ3) is 3.37. The number of thiazole rings is 1. The Hall–Kier alpha value is -1.57. The van der Waals surface area contributed by atoms with E-state index in [2.05, 4.69) is 30.5 Å². The van der Waals surface area contributed by atoms with Gasteiger partial charge in [-0.15, -0.1) is 11.3 Å². The summed E-state index contributed by atoms with van der Waals surface area (Å²) in [5, 5.41) is 5.17. The van der Waals surface area contributed by atoms with Gasteiger partial charge < -0.3 is 10.1 Å². The molecule has 6 nitrogen and oxygen atoms in total. The molecule has 0 aliphatic carbocycles. The van der Waals surface area contributed by atoms with E-state index in [4.69, 9.17) is 4.74 Å². The van der Waals surface area contributed by atoms with E-state index in [1.807, 2.05) is 25.5 Å². The second-order valence-electron chi connectivity index (χ2n) is 5.04. The van der Waals surface area contributed by atoms with Crippen LogP contribution in [-0.2, 0) is 11.3 Å². The van der Waals surface area contributed by atoms with Crippen molar-refractivity contribution in [2.75, 3.05) is 32.1 Å². The van der Waals surface area contributed by atoms with E-state index in [9.17, 15) is 0 Å². The molecule has 2 aromatic rings. The van der Waals surface area contributed by atoms with Crippen LogP contribution < -0.4 is 5.32 Å². The summed E-state index contributed by atoms with van der Waals surface area (Å²) in [6.07, 6.45) is 0. The Morgan fingerprint density at radius 2 is 2.38 bits per heavy atom. The molecule has 2 aromatic heterocycles. The number of hydrogen-bond donors (Lipinski definition) is 1. The third-order valence-corrected chi connectivity index (χ3v) is 4.15. The lowest BCUT2D eigenvalue weighted by atomic mass is 10.2. The van der Waals surface area contributed by atoms with Gasteiger partial charge in [0.1, 0.15) is 11.6 Å². The predicted octanol–water partition coefficient (Wildman–Crippen LogP) is 1.86. The van der Waals surface area contributed by atoms with E-state index in [1.54, 1.807) is 11.3 Å². The lowest BCUT2D eigenvalue weighted by Crippen LogP contribution is -2.40. The van der Waals surface area contributed by atoms with Gasteiger partial charge in [0.25, 0.3) is 0 Å². The molecule has 1 aliphatic rings. The predicted molar refractivity (Wildman–Crippen MR) is 82.4 cm³/mol. The molecular formula is C14H19N5OS. The topological polar surface area (TPSA) is 63.2 Å². The van der Waals surface area contributed by atoms with Gasteiger partial charge in [-0.25, -0.2) is 15.0 Å². The lowest BCUT2D eigenvalue weighted by Gasteiger charge is -2.34. The summed E-state index contributed by atoms with van der Waals surface area (Å²) in [5.41, 5.74) is 3.92. The van der Waals surface area contributed by atoms with Crippen LogP contribution in [-0.4, -0.2) is 46.7 Å². The second-order valence-corrected chi connectivity index (χ2v) is 5.76. The number of anilines is 1. The fourth-order valence-electron chi connectivity index (χ4n) is 2.46. The second kappa shape index (κ2) is 6.46. The molecule has 0 radical (unpaired) electrons. The molecule has 0 unspecified atom stereocenters. The third-order valence-electron chi connectivity index (χ3n) is 3.51. The summed E-state index contributed by atoms with van der Waals surface area (Å²) in [7, 11) is 1.87. The molecule has 0 aromatic carbocycles. The molecule has 0 spiro atoms. The number of aryl methyl sites for hydroxylation is 1. The van der Waals surface area contributed by atoms with E-state index >= 15 is 0 Å². The first-order valence-corrected chi connectivity index (χ1v) is 7.92. The van der Waals surface area contributed by atoms with Crippen molar-refractivity contribution in [2.45, 2.75) is 19.5 Å². The van der Waals surface area contributed by atoms with Crippen LogP contribution in [0.1, 0.15) is 23.3 Å². The molecule has 21 heavy (non-hydrogen) atoms. The number of nitrogens with one attached hydrogen (secondary N) is 1. The molecule has 0 amide bonds. The number of rotatable bonds is 4. The van der Waals surface area contributed by atoms with Crippen LogP contribution in [0.2, 0.25) is 0 Å². The average Bonchev–Trinajstić information content (AvgIpc) is 3.00. The van der Waals surface area contributed by atoms with Gasteiger partial charge in [0.05, 0.1) is 30.5 Å². The van der Waals surface area contributed by atoms with Crippen LogP contribution in [0.5, 0.6) is 0 Å². The Labute approximate surface area is 128 Å². The number of aromatic nitrogens is 3. The van der Waals surface area contributed by atoms with Crippen LogP contribution in [0.3, 0.4) is 0 Å². The standard InChI is InChI=1S/C14H19N5OS/c1-10-5-13(15-2)18-14(17-10)12-7-20-4-3-19(12)6-11-8-21-9-16-11/h5,8-9,12H,3-4,6-7H2,1-2H3,(H,15,17,18)/t12-/m0/s1. The van der Waals surface area contributed by atoms with Gasteiger partial charge in [-0.2, -0.15) is 0 Å². The van der Waals surface area contributed by atoms with E-state index in [-0.39, 0.29) is 6.04 Å². The zero-order chi connectivity index (χ0) is 14.7. The van der Waals surface area contributed by atoms with Gasteiger partial charge in [0.15, 0.2) is 0 Å². The van der Waals surface area contributed by atoms with Crippen molar-refractivity contribution in [3.63, 3.8) is 0 Å². The van der Waals surface area contributed by atoms with Crippen molar-refractivity contribution in [3.8, 4) is 0 Å². The Balaban J connectivity index is 1.85. The Bertz CT molecular complexity index is 589. The molecular weight excluding hydrogens is 286 g/mol. The fourth-order valence-corrected chi connectivity index (χ4v) is 3.01. The van der Waals surface area contributed by atoms with Crippen molar-refractivity contribution in [3.05, 3.63) is 34.2 Å². The molecule has 1 N–H and O–H groups in total. The Kier molecular flexibility index (Phi) is 4.42. The van der Waals surface area contributed by atoms with Crippen molar-refractivity contribution in [2.24, 2.45) is 0 Å². The van der Waals surface area contributed by atoms with Gasteiger partial charge >= 0.3 is 0 Å². The molecule has 3 heterocycles. The quantitative estimate of drug-likeness (QED) is 0.930. The average molecular weight is 305 g/mol. The van der Waals surface area contributed by atoms with E-state index in [1.165, 1.54) is 0 Å². The number of hydrogen-bond acceptors (Lipinski definition) is 7. The zero-order valence-electron chi connectivity index (χ0n) is 12.2. The molecule has 0 saturated carbocycles. The van der Waals surface area contributed by atoms with Crippen LogP contribution >= 0.6 is 11.3 Å². The zero-order valence-corrected chi connectivity index (χ0v) is 13.1. The summed E-state index contributed by atoms with van der Waals surface area (Å²) in [6, 6.07) is 2.02. The molecule has 112 valence electrons. The number of nitrogens with zero attached hydrogens (tertiary/aromatic N) is 4. The monoisotopic (exact) mass is 305 g/mol. The summed E-state index contributed by atoms with van der Waals surface area (Å²) < 4.78 is 5.64. The Morgan fingerprint density at radius 3 is 3.14 bits per heavy atom. The van der Waals surface area contributed by atoms with Crippen molar-refractivity contribution >= 4 is 17.2 Å². The van der Waals surface area contributed by atoms with Gasteiger partial charge in [-0.3, -0.25) is 4.90 Å². The van der Waals surface area contributed by atoms with Crippen molar-refractivity contribution in [1.29, 1.82) is 0 Å². The van der Waals surface area contributed by atoms with Crippen molar-refractivity contribution < 1.29 is 4.74 Å². The molecule has 1 atom stereocenters. The highest BCUT2D eigenvalue weighted by molar-refractivity contribution is 7.07. The van der Waals surface area contributed by atoms with E-state index in [0.29, 0.717) is 6.61 Å². The minimum absolute atomic E-state index is 0.0763. The van der Waals surface area contributed by atoms with Gasteiger partial charge in [0.2, 0.25) is 0 Å². The molecule has 3 rings (SSSR count). The smallest absolute Gasteiger partial charge is 0.150 e. The van der Waals surface area contributed by atoms with Crippen LogP contribution in [0.4, 0.5) is 5.82 Å². The van der Waals surface area contributed by atoms with E-state index < -0.39 is 0 Å². The van der Waals surface area contributed by atoms with Gasteiger partial charge in [-0.05, 0) is 6.92 Å². The highest BCUT2D eigenvalue weighted by atomic mass is 32.1. The summed E-state index contributed by atoms with van der Waals surface area (Å²) in [4.78, 5) is 15.9. The molecule has 1 fully saturated rings. The fraction of sp³-hybridized carbons (Fsp3) is 0.500. The lowest BCUT2D eigenvalue weighted by molar-refractivity contribution is -0.0164. The maximum Gasteiger partial charge on any atom is 0.150 e. The number of ether oxygens (including phenoxy) is 1. The summed E-state index contributed by atoms with van der Waals surface area (Å²) in [6.45, 7) is 5.03. The maximum atomic E-state index is 5.64. The highest BCUT2D eigenvalue weighted by Gasteiger charge is 2.27. The van der Waals surface area contributed by atoms with Crippen molar-refractivity contribution in [1.82, 2.24) is 19.9 Å². The van der Waals surface area contributed by atoms with E-state index in [0.717, 1.165) is 42.7 Å². The summed E-state index contributed by atoms with van der Waals surface area (Å²) >= 11 is 1.62. The molecule has 1 saturated heterocycles. The van der Waals surface area contributed by atoms with Gasteiger partial charge in [0, 0.05) is 37.3 Å². The maximum absolute atomic E-state index is 5.64. The largest absolute Gasteiger partial charge is 0.378 e. The van der Waals surface area contributed by atoms with Crippen LogP contribution in [0.25, 0.3) is 0 Å². The molecule has 7 heteroatoms.